The van der Waals surface area contributed by atoms with Crippen molar-refractivity contribution in [2.24, 2.45) is 0 Å². The molecule has 0 bridgehead atoms. The molecular weight excluding hydrogens is 324 g/mol. The third-order valence-electron chi connectivity index (χ3n) is 3.41. The van der Waals surface area contributed by atoms with Gasteiger partial charge in [-0.2, -0.15) is 8.42 Å². The molecule has 0 radical (unpaired) electrons. The Balaban J connectivity index is 1.76. The lowest BCUT2D eigenvalue weighted by Crippen LogP contribution is -2.07. The average Bonchev–Trinajstić information content (AvgIpc) is 2.61. The SMILES string of the molecule is Cc1ccc(S(=O)(=O)OCc2cccc(-c3ccccn3)n2)cc1. The minimum atomic E-state index is -3.81. The molecule has 122 valence electrons. The van der Waals surface area contributed by atoms with Gasteiger partial charge in [0.25, 0.3) is 10.1 Å². The lowest BCUT2D eigenvalue weighted by molar-refractivity contribution is 0.303. The zero-order chi connectivity index (χ0) is 17.0. The minimum absolute atomic E-state index is 0.128. The highest BCUT2D eigenvalue weighted by Crippen LogP contribution is 2.17. The van der Waals surface area contributed by atoms with Gasteiger partial charge in [-0.05, 0) is 43.3 Å². The van der Waals surface area contributed by atoms with Crippen molar-refractivity contribution in [1.82, 2.24) is 9.97 Å². The van der Waals surface area contributed by atoms with Crippen LogP contribution in [0.15, 0.2) is 71.8 Å². The number of hydrogen-bond acceptors (Lipinski definition) is 5. The molecule has 0 fully saturated rings. The van der Waals surface area contributed by atoms with Crippen LogP contribution in [-0.4, -0.2) is 18.4 Å². The Bertz CT molecular complexity index is 924. The Morgan fingerprint density at radius 3 is 2.38 bits per heavy atom. The van der Waals surface area contributed by atoms with Crippen molar-refractivity contribution in [2.75, 3.05) is 0 Å². The van der Waals surface area contributed by atoms with Gasteiger partial charge in [-0.3, -0.25) is 9.17 Å². The molecule has 0 spiro atoms. The number of benzene rings is 1. The van der Waals surface area contributed by atoms with Crippen molar-refractivity contribution in [1.29, 1.82) is 0 Å². The molecule has 0 aliphatic rings. The quantitative estimate of drug-likeness (QED) is 0.666. The summed E-state index contributed by atoms with van der Waals surface area (Å²) < 4.78 is 29.5. The maximum Gasteiger partial charge on any atom is 0.297 e. The van der Waals surface area contributed by atoms with E-state index in [0.29, 0.717) is 11.4 Å². The lowest BCUT2D eigenvalue weighted by Gasteiger charge is -2.07. The molecule has 0 unspecified atom stereocenters. The number of rotatable bonds is 5. The first-order valence-corrected chi connectivity index (χ1v) is 8.79. The second-order valence-electron chi connectivity index (χ2n) is 5.26. The van der Waals surface area contributed by atoms with Crippen molar-refractivity contribution in [3.63, 3.8) is 0 Å². The Morgan fingerprint density at radius 2 is 1.67 bits per heavy atom. The molecule has 0 saturated heterocycles. The van der Waals surface area contributed by atoms with Gasteiger partial charge in [0.15, 0.2) is 0 Å². The molecule has 0 aliphatic carbocycles. The first-order chi connectivity index (χ1) is 11.5. The molecule has 6 heteroatoms. The van der Waals surface area contributed by atoms with Gasteiger partial charge in [0, 0.05) is 6.20 Å². The van der Waals surface area contributed by atoms with Gasteiger partial charge in [-0.1, -0.05) is 29.8 Å². The van der Waals surface area contributed by atoms with Crippen LogP contribution >= 0.6 is 0 Å². The largest absolute Gasteiger partial charge is 0.297 e. The van der Waals surface area contributed by atoms with E-state index in [1.54, 1.807) is 30.5 Å². The summed E-state index contributed by atoms with van der Waals surface area (Å²) in [5.74, 6) is 0. The summed E-state index contributed by atoms with van der Waals surface area (Å²) in [6.45, 7) is 1.77. The smallest absolute Gasteiger partial charge is 0.260 e. The highest BCUT2D eigenvalue weighted by molar-refractivity contribution is 7.86. The van der Waals surface area contributed by atoms with Crippen molar-refractivity contribution in [3.05, 3.63) is 78.1 Å². The molecule has 2 aromatic heterocycles. The van der Waals surface area contributed by atoms with Crippen molar-refractivity contribution in [3.8, 4) is 11.4 Å². The van der Waals surface area contributed by atoms with Crippen LogP contribution in [0.4, 0.5) is 0 Å². The van der Waals surface area contributed by atoms with Crippen LogP contribution < -0.4 is 0 Å². The van der Waals surface area contributed by atoms with E-state index >= 15 is 0 Å². The third kappa shape index (κ3) is 3.84. The van der Waals surface area contributed by atoms with Gasteiger partial charge >= 0.3 is 0 Å². The summed E-state index contributed by atoms with van der Waals surface area (Å²) in [5, 5.41) is 0. The zero-order valence-corrected chi connectivity index (χ0v) is 13.9. The predicted octanol–water partition coefficient (Wildman–Crippen LogP) is 3.36. The zero-order valence-electron chi connectivity index (χ0n) is 13.1. The highest BCUT2D eigenvalue weighted by atomic mass is 32.2. The van der Waals surface area contributed by atoms with Crippen LogP contribution in [0.5, 0.6) is 0 Å². The molecule has 2 heterocycles. The molecule has 24 heavy (non-hydrogen) atoms. The Hall–Kier alpha value is -2.57. The highest BCUT2D eigenvalue weighted by Gasteiger charge is 2.15. The third-order valence-corrected chi connectivity index (χ3v) is 4.68. The van der Waals surface area contributed by atoms with Crippen LogP contribution in [0.1, 0.15) is 11.3 Å². The van der Waals surface area contributed by atoms with E-state index in [4.69, 9.17) is 4.18 Å². The van der Waals surface area contributed by atoms with Gasteiger partial charge in [0.1, 0.15) is 6.61 Å². The number of aromatic nitrogens is 2. The maximum absolute atomic E-state index is 12.2. The number of nitrogens with zero attached hydrogens (tertiary/aromatic N) is 2. The fraction of sp³-hybridized carbons (Fsp3) is 0.111. The van der Waals surface area contributed by atoms with E-state index < -0.39 is 10.1 Å². The van der Waals surface area contributed by atoms with Crippen molar-refractivity contribution >= 4 is 10.1 Å². The molecule has 0 saturated carbocycles. The fourth-order valence-electron chi connectivity index (χ4n) is 2.13. The summed E-state index contributed by atoms with van der Waals surface area (Å²) in [6, 6.07) is 17.4. The van der Waals surface area contributed by atoms with Gasteiger partial charge in [0.05, 0.1) is 22.0 Å². The Morgan fingerprint density at radius 1 is 0.917 bits per heavy atom. The van der Waals surface area contributed by atoms with Gasteiger partial charge in [-0.25, -0.2) is 4.98 Å². The number of pyridine rings is 2. The number of hydrogen-bond donors (Lipinski definition) is 0. The predicted molar refractivity (Wildman–Crippen MR) is 90.6 cm³/mol. The van der Waals surface area contributed by atoms with Gasteiger partial charge < -0.3 is 0 Å². The second kappa shape index (κ2) is 6.90. The topological polar surface area (TPSA) is 69.2 Å². The van der Waals surface area contributed by atoms with Crippen LogP contribution in [0, 0.1) is 6.92 Å². The summed E-state index contributed by atoms with van der Waals surface area (Å²) in [7, 11) is -3.81. The van der Waals surface area contributed by atoms with Crippen LogP contribution in [0.3, 0.4) is 0 Å². The lowest BCUT2D eigenvalue weighted by atomic mass is 10.2. The number of aryl methyl sites for hydroxylation is 1. The molecule has 5 nitrogen and oxygen atoms in total. The van der Waals surface area contributed by atoms with Crippen LogP contribution in [-0.2, 0) is 20.9 Å². The second-order valence-corrected chi connectivity index (χ2v) is 6.87. The molecule has 0 N–H and O–H groups in total. The van der Waals surface area contributed by atoms with E-state index in [9.17, 15) is 8.42 Å². The van der Waals surface area contributed by atoms with E-state index in [1.165, 1.54) is 12.1 Å². The molecule has 0 aliphatic heterocycles. The standard InChI is InChI=1S/C18H16N2O3S/c1-14-8-10-16(11-9-14)24(21,22)23-13-15-5-4-7-18(20-15)17-6-2-3-12-19-17/h2-12H,13H2,1H3. The first-order valence-electron chi connectivity index (χ1n) is 7.38. The summed E-state index contributed by atoms with van der Waals surface area (Å²) in [4.78, 5) is 8.77. The molecule has 3 aromatic rings. The summed E-state index contributed by atoms with van der Waals surface area (Å²) in [6.07, 6.45) is 1.68. The van der Waals surface area contributed by atoms with Gasteiger partial charge in [0.2, 0.25) is 0 Å². The molecule has 0 amide bonds. The van der Waals surface area contributed by atoms with Crippen LogP contribution in [0.2, 0.25) is 0 Å². The van der Waals surface area contributed by atoms with Crippen LogP contribution in [0.25, 0.3) is 11.4 Å². The monoisotopic (exact) mass is 340 g/mol. The van der Waals surface area contributed by atoms with Gasteiger partial charge in [-0.15, -0.1) is 0 Å². The minimum Gasteiger partial charge on any atom is -0.260 e. The normalized spacial score (nSPS) is 11.4. The molecule has 1 aromatic carbocycles. The summed E-state index contributed by atoms with van der Waals surface area (Å²) >= 11 is 0. The molecule has 3 rings (SSSR count). The molecule has 0 atom stereocenters. The Labute approximate surface area is 141 Å². The fourth-order valence-corrected chi connectivity index (χ4v) is 3.01. The van der Waals surface area contributed by atoms with E-state index in [-0.39, 0.29) is 11.5 Å². The van der Waals surface area contributed by atoms with E-state index in [1.807, 2.05) is 31.2 Å². The van der Waals surface area contributed by atoms with E-state index in [2.05, 4.69) is 9.97 Å². The van der Waals surface area contributed by atoms with Crippen molar-refractivity contribution in [2.45, 2.75) is 18.4 Å². The van der Waals surface area contributed by atoms with E-state index in [0.717, 1.165) is 11.3 Å². The van der Waals surface area contributed by atoms with Crippen molar-refractivity contribution < 1.29 is 12.6 Å². The summed E-state index contributed by atoms with van der Waals surface area (Å²) in [5.41, 5.74) is 2.90. The molecular formula is C18H16N2O3S. The average molecular weight is 340 g/mol. The first kappa shape index (κ1) is 16.3. The maximum atomic E-state index is 12.2. The Kier molecular flexibility index (Phi) is 4.69.